The molecule has 1 aromatic carbocycles. The molecule has 18 heavy (non-hydrogen) atoms. The number of esters is 1. The maximum Gasteiger partial charge on any atom is 0.340 e. The third-order valence-electron chi connectivity index (χ3n) is 2.79. The highest BCUT2D eigenvalue weighted by molar-refractivity contribution is 6.01. The van der Waals surface area contributed by atoms with Gasteiger partial charge in [0.05, 0.1) is 18.2 Å². The lowest BCUT2D eigenvalue weighted by atomic mass is 10.2. The van der Waals surface area contributed by atoms with Gasteiger partial charge in [-0.25, -0.2) is 9.78 Å². The fraction of sp³-hybridized carbons (Fsp3) is 0.385. The van der Waals surface area contributed by atoms with Gasteiger partial charge in [-0.2, -0.15) is 0 Å². The van der Waals surface area contributed by atoms with Crippen LogP contribution in [0.5, 0.6) is 0 Å². The zero-order valence-corrected chi connectivity index (χ0v) is 10.3. The molecule has 5 nitrogen and oxygen atoms in total. The van der Waals surface area contributed by atoms with Crippen molar-refractivity contribution in [3.8, 4) is 0 Å². The van der Waals surface area contributed by atoms with Gasteiger partial charge >= 0.3 is 5.97 Å². The number of imidazole rings is 1. The number of methoxy groups -OCH3 is 1. The molecule has 2 aromatic rings. The highest BCUT2D eigenvalue weighted by Crippen LogP contribution is 2.18. The second-order valence-corrected chi connectivity index (χ2v) is 4.06. The number of para-hydroxylation sites is 1. The molecule has 5 heteroatoms. The van der Waals surface area contributed by atoms with Crippen molar-refractivity contribution >= 4 is 17.0 Å². The maximum atomic E-state index is 11.6. The first-order valence-electron chi connectivity index (χ1n) is 5.93. The van der Waals surface area contributed by atoms with E-state index in [0.717, 1.165) is 30.6 Å². The summed E-state index contributed by atoms with van der Waals surface area (Å²) in [5.41, 5.74) is 1.94. The first kappa shape index (κ1) is 12.6. The van der Waals surface area contributed by atoms with E-state index in [9.17, 15) is 4.79 Å². The van der Waals surface area contributed by atoms with Crippen LogP contribution in [0, 0.1) is 0 Å². The third kappa shape index (κ3) is 2.51. The van der Waals surface area contributed by atoms with Gasteiger partial charge in [0, 0.05) is 13.0 Å². The number of H-pyrrole nitrogens is 1. The maximum absolute atomic E-state index is 11.6. The third-order valence-corrected chi connectivity index (χ3v) is 2.79. The molecule has 0 aliphatic carbocycles. The average molecular weight is 248 g/mol. The van der Waals surface area contributed by atoms with Gasteiger partial charge in [0.25, 0.3) is 0 Å². The molecule has 0 radical (unpaired) electrons. The van der Waals surface area contributed by atoms with E-state index in [2.05, 4.69) is 9.97 Å². The van der Waals surface area contributed by atoms with Crippen molar-refractivity contribution in [2.24, 2.45) is 0 Å². The van der Waals surface area contributed by atoms with Crippen LogP contribution in [0.15, 0.2) is 18.2 Å². The van der Waals surface area contributed by atoms with E-state index < -0.39 is 0 Å². The number of carbonyl (C=O) groups is 1. The van der Waals surface area contributed by atoms with Crippen molar-refractivity contribution in [3.63, 3.8) is 0 Å². The number of aryl methyl sites for hydroxylation is 1. The average Bonchev–Trinajstić information content (AvgIpc) is 2.80. The van der Waals surface area contributed by atoms with E-state index in [-0.39, 0.29) is 12.6 Å². The zero-order chi connectivity index (χ0) is 13.0. The zero-order valence-electron chi connectivity index (χ0n) is 10.3. The fourth-order valence-electron chi connectivity index (χ4n) is 1.88. The van der Waals surface area contributed by atoms with Crippen LogP contribution in [-0.4, -0.2) is 34.8 Å². The Kier molecular flexibility index (Phi) is 3.94. The predicted molar refractivity (Wildman–Crippen MR) is 67.5 cm³/mol. The number of aromatic amines is 1. The van der Waals surface area contributed by atoms with Crippen molar-refractivity contribution in [2.75, 3.05) is 13.7 Å². The van der Waals surface area contributed by atoms with E-state index in [4.69, 9.17) is 9.84 Å². The number of fused-ring (bicyclic) bond motifs is 1. The van der Waals surface area contributed by atoms with Gasteiger partial charge in [-0.05, 0) is 25.0 Å². The van der Waals surface area contributed by atoms with E-state index in [1.165, 1.54) is 7.11 Å². The minimum absolute atomic E-state index is 0.188. The molecule has 2 rings (SSSR count). The van der Waals surface area contributed by atoms with Crippen molar-refractivity contribution < 1.29 is 14.6 Å². The van der Waals surface area contributed by atoms with Gasteiger partial charge in [0.2, 0.25) is 0 Å². The number of unbranched alkanes of at least 4 members (excludes halogenated alkanes) is 1. The Bertz CT molecular complexity index is 548. The molecule has 0 amide bonds. The number of nitrogens with zero attached hydrogens (tertiary/aromatic N) is 1. The summed E-state index contributed by atoms with van der Waals surface area (Å²) < 4.78 is 4.73. The first-order valence-corrected chi connectivity index (χ1v) is 5.93. The molecular weight excluding hydrogens is 232 g/mol. The van der Waals surface area contributed by atoms with Gasteiger partial charge in [0.15, 0.2) is 0 Å². The molecule has 0 atom stereocenters. The number of aliphatic hydroxyl groups excluding tert-OH is 1. The minimum atomic E-state index is -0.381. The number of ether oxygens (including phenoxy) is 1. The van der Waals surface area contributed by atoms with E-state index >= 15 is 0 Å². The van der Waals surface area contributed by atoms with Gasteiger partial charge in [-0.3, -0.25) is 0 Å². The lowest BCUT2D eigenvalue weighted by molar-refractivity contribution is 0.0603. The highest BCUT2D eigenvalue weighted by atomic mass is 16.5. The van der Waals surface area contributed by atoms with Crippen LogP contribution in [0.1, 0.15) is 29.0 Å². The van der Waals surface area contributed by atoms with Gasteiger partial charge < -0.3 is 14.8 Å². The molecule has 1 aromatic heterocycles. The normalized spacial score (nSPS) is 10.8. The van der Waals surface area contributed by atoms with Crippen LogP contribution in [0.25, 0.3) is 11.0 Å². The number of aromatic nitrogens is 2. The molecule has 0 spiro atoms. The summed E-state index contributed by atoms with van der Waals surface area (Å²) >= 11 is 0. The summed E-state index contributed by atoms with van der Waals surface area (Å²) in [7, 11) is 1.36. The van der Waals surface area contributed by atoms with E-state index in [1.54, 1.807) is 12.1 Å². The molecular formula is C13H16N2O3. The number of hydrogen-bond donors (Lipinski definition) is 2. The molecule has 96 valence electrons. The largest absolute Gasteiger partial charge is 0.465 e. The quantitative estimate of drug-likeness (QED) is 0.623. The number of benzene rings is 1. The Morgan fingerprint density at radius 2 is 2.28 bits per heavy atom. The highest BCUT2D eigenvalue weighted by Gasteiger charge is 2.13. The van der Waals surface area contributed by atoms with Crippen molar-refractivity contribution in [3.05, 3.63) is 29.6 Å². The van der Waals surface area contributed by atoms with Crippen LogP contribution >= 0.6 is 0 Å². The topological polar surface area (TPSA) is 75.2 Å². The Labute approximate surface area is 105 Å². The number of hydrogen-bond acceptors (Lipinski definition) is 4. The summed E-state index contributed by atoms with van der Waals surface area (Å²) in [5.74, 6) is 0.448. The molecule has 0 saturated carbocycles. The molecule has 0 unspecified atom stereocenters. The second-order valence-electron chi connectivity index (χ2n) is 4.06. The molecule has 0 aliphatic heterocycles. The smallest absolute Gasteiger partial charge is 0.340 e. The summed E-state index contributed by atoms with van der Waals surface area (Å²) in [5, 5.41) is 8.74. The minimum Gasteiger partial charge on any atom is -0.465 e. The molecule has 0 bridgehead atoms. The Hall–Kier alpha value is -1.88. The first-order chi connectivity index (χ1) is 8.76. The fourth-order valence-corrected chi connectivity index (χ4v) is 1.88. The number of nitrogens with one attached hydrogen (secondary N) is 1. The summed E-state index contributed by atoms with van der Waals surface area (Å²) in [6.07, 6.45) is 2.38. The Morgan fingerprint density at radius 3 is 3.00 bits per heavy atom. The van der Waals surface area contributed by atoms with Crippen molar-refractivity contribution in [1.29, 1.82) is 0 Å². The monoisotopic (exact) mass is 248 g/mol. The summed E-state index contributed by atoms with van der Waals surface area (Å²) in [4.78, 5) is 19.2. The molecule has 0 saturated heterocycles. The van der Waals surface area contributed by atoms with Gasteiger partial charge in [-0.15, -0.1) is 0 Å². The van der Waals surface area contributed by atoms with Crippen LogP contribution in [0.2, 0.25) is 0 Å². The molecule has 0 fully saturated rings. The second kappa shape index (κ2) is 5.64. The standard InChI is InChI=1S/C13H16N2O3/c1-18-13(17)9-5-4-6-10-12(9)15-11(14-10)7-2-3-8-16/h4-6,16H,2-3,7-8H2,1H3,(H,14,15). The Balaban J connectivity index is 2.29. The van der Waals surface area contributed by atoms with Gasteiger partial charge in [0.1, 0.15) is 11.3 Å². The van der Waals surface area contributed by atoms with Crippen LogP contribution in [0.3, 0.4) is 0 Å². The Morgan fingerprint density at radius 1 is 1.44 bits per heavy atom. The van der Waals surface area contributed by atoms with Crippen LogP contribution < -0.4 is 0 Å². The molecule has 1 heterocycles. The lowest BCUT2D eigenvalue weighted by Crippen LogP contribution is -2.01. The van der Waals surface area contributed by atoms with Crippen LogP contribution in [0.4, 0.5) is 0 Å². The van der Waals surface area contributed by atoms with Crippen molar-refractivity contribution in [1.82, 2.24) is 9.97 Å². The molecule has 2 N–H and O–H groups in total. The summed E-state index contributed by atoms with van der Waals surface area (Å²) in [6, 6.07) is 5.38. The van der Waals surface area contributed by atoms with E-state index in [1.807, 2.05) is 6.07 Å². The molecule has 0 aliphatic rings. The number of rotatable bonds is 5. The predicted octanol–water partition coefficient (Wildman–Crippen LogP) is 1.66. The van der Waals surface area contributed by atoms with Crippen LogP contribution in [-0.2, 0) is 11.2 Å². The lowest BCUT2D eigenvalue weighted by Gasteiger charge is -1.98. The van der Waals surface area contributed by atoms with Crippen molar-refractivity contribution in [2.45, 2.75) is 19.3 Å². The SMILES string of the molecule is COC(=O)c1cccc2[nH]c(CCCCO)nc12. The van der Waals surface area contributed by atoms with Gasteiger partial charge in [-0.1, -0.05) is 6.07 Å². The van der Waals surface area contributed by atoms with E-state index in [0.29, 0.717) is 11.1 Å². The number of aliphatic hydroxyl groups is 1. The summed E-state index contributed by atoms with van der Waals surface area (Å²) in [6.45, 7) is 0.188. The number of carbonyl (C=O) groups excluding carboxylic acids is 1.